The predicted octanol–water partition coefficient (Wildman–Crippen LogP) is 2.93. The van der Waals surface area contributed by atoms with Crippen molar-refractivity contribution in [3.05, 3.63) is 76.9 Å². The van der Waals surface area contributed by atoms with Gasteiger partial charge < -0.3 is 4.90 Å². The summed E-state index contributed by atoms with van der Waals surface area (Å²) < 4.78 is 69.9. The number of fused-ring (bicyclic) bond motifs is 1. The molecule has 2 aromatic carbocycles. The summed E-state index contributed by atoms with van der Waals surface area (Å²) in [5.74, 6) is -2.81. The standard InChI is InChI=1S/C23H21F3N4O3S/c24-15-8-9-21(18(26)14-15)34(32,33)29-12-10-28(11-13-29)23(31)22-16-4-3-7-19(16)30(27-22)20-6-2-1-5-17(20)25/h1-2,5-6,8-9,14H,3-4,7,10-13H2. The summed E-state index contributed by atoms with van der Waals surface area (Å²) in [6.07, 6.45) is 2.17. The van der Waals surface area contributed by atoms with Crippen molar-refractivity contribution in [3.63, 3.8) is 0 Å². The summed E-state index contributed by atoms with van der Waals surface area (Å²) >= 11 is 0. The van der Waals surface area contributed by atoms with Crippen LogP contribution in [-0.4, -0.2) is 59.5 Å². The lowest BCUT2D eigenvalue weighted by molar-refractivity contribution is 0.0690. The Balaban J connectivity index is 1.36. The van der Waals surface area contributed by atoms with E-state index in [4.69, 9.17) is 0 Å². The molecule has 34 heavy (non-hydrogen) atoms. The highest BCUT2D eigenvalue weighted by Gasteiger charge is 2.35. The maximum atomic E-state index is 14.4. The third-order valence-corrected chi connectivity index (χ3v) is 8.18. The molecule has 2 heterocycles. The molecule has 0 saturated carbocycles. The Bertz CT molecular complexity index is 1380. The largest absolute Gasteiger partial charge is 0.335 e. The Morgan fingerprint density at radius 2 is 1.65 bits per heavy atom. The Kier molecular flexibility index (Phi) is 5.68. The maximum Gasteiger partial charge on any atom is 0.274 e. The van der Waals surface area contributed by atoms with Crippen LogP contribution < -0.4 is 0 Å². The molecule has 3 aromatic rings. The number of nitrogens with zero attached hydrogens (tertiary/aromatic N) is 4. The molecule has 0 unspecified atom stereocenters. The molecular formula is C23H21F3N4O3S. The Hall–Kier alpha value is -3.18. The van der Waals surface area contributed by atoms with Crippen molar-refractivity contribution < 1.29 is 26.4 Å². The number of carbonyl (C=O) groups excluding carboxylic acids is 1. The quantitative estimate of drug-likeness (QED) is 0.564. The first-order valence-electron chi connectivity index (χ1n) is 10.9. The van der Waals surface area contributed by atoms with Gasteiger partial charge in [0.2, 0.25) is 10.0 Å². The van der Waals surface area contributed by atoms with E-state index in [2.05, 4.69) is 5.10 Å². The molecule has 11 heteroatoms. The fourth-order valence-corrected chi connectivity index (χ4v) is 6.00. The van der Waals surface area contributed by atoms with Crippen LogP contribution in [0.15, 0.2) is 47.4 Å². The number of piperazine rings is 1. The van der Waals surface area contributed by atoms with Gasteiger partial charge in [0.25, 0.3) is 5.91 Å². The number of hydrogen-bond acceptors (Lipinski definition) is 4. The van der Waals surface area contributed by atoms with Crippen LogP contribution in [0.2, 0.25) is 0 Å². The van der Waals surface area contributed by atoms with E-state index in [0.717, 1.165) is 34.1 Å². The second kappa shape index (κ2) is 8.55. The predicted molar refractivity (Wildman–Crippen MR) is 117 cm³/mol. The van der Waals surface area contributed by atoms with Crippen molar-refractivity contribution in [3.8, 4) is 5.69 Å². The zero-order valence-corrected chi connectivity index (χ0v) is 18.9. The number of benzene rings is 2. The first-order chi connectivity index (χ1) is 16.3. The van der Waals surface area contributed by atoms with Crippen molar-refractivity contribution in [2.75, 3.05) is 26.2 Å². The van der Waals surface area contributed by atoms with Crippen LogP contribution in [-0.2, 0) is 22.9 Å². The molecule has 0 spiro atoms. The molecule has 0 N–H and O–H groups in total. The summed E-state index contributed by atoms with van der Waals surface area (Å²) in [7, 11) is -4.18. The zero-order valence-electron chi connectivity index (χ0n) is 18.0. The van der Waals surface area contributed by atoms with Crippen LogP contribution in [0.25, 0.3) is 5.69 Å². The molecule has 0 bridgehead atoms. The lowest BCUT2D eigenvalue weighted by Crippen LogP contribution is -2.50. The summed E-state index contributed by atoms with van der Waals surface area (Å²) in [5.41, 5.74) is 2.12. The molecular weight excluding hydrogens is 469 g/mol. The topological polar surface area (TPSA) is 75.5 Å². The van der Waals surface area contributed by atoms with Crippen LogP contribution in [0, 0.1) is 17.5 Å². The second-order valence-corrected chi connectivity index (χ2v) is 10.2. The van der Waals surface area contributed by atoms with E-state index in [1.807, 2.05) is 0 Å². The van der Waals surface area contributed by atoms with E-state index in [9.17, 15) is 26.4 Å². The minimum Gasteiger partial charge on any atom is -0.335 e. The third-order valence-electron chi connectivity index (χ3n) is 6.25. The lowest BCUT2D eigenvalue weighted by atomic mass is 10.1. The highest BCUT2D eigenvalue weighted by molar-refractivity contribution is 7.89. The molecule has 0 atom stereocenters. The lowest BCUT2D eigenvalue weighted by Gasteiger charge is -2.33. The van der Waals surface area contributed by atoms with Gasteiger partial charge in [0.05, 0.1) is 0 Å². The number of carbonyl (C=O) groups is 1. The van der Waals surface area contributed by atoms with E-state index >= 15 is 0 Å². The molecule has 1 aliphatic heterocycles. The van der Waals surface area contributed by atoms with E-state index < -0.39 is 32.4 Å². The van der Waals surface area contributed by atoms with E-state index in [-0.39, 0.29) is 43.5 Å². The highest BCUT2D eigenvalue weighted by Crippen LogP contribution is 2.30. The van der Waals surface area contributed by atoms with Gasteiger partial charge >= 0.3 is 0 Å². The fraction of sp³-hybridized carbons (Fsp3) is 0.304. The number of rotatable bonds is 4. The molecule has 2 aliphatic rings. The van der Waals surface area contributed by atoms with Gasteiger partial charge in [0.15, 0.2) is 5.69 Å². The Labute approximate surface area is 194 Å². The van der Waals surface area contributed by atoms with Gasteiger partial charge in [-0.05, 0) is 43.5 Å². The van der Waals surface area contributed by atoms with Gasteiger partial charge in [-0.2, -0.15) is 9.40 Å². The van der Waals surface area contributed by atoms with Crippen molar-refractivity contribution in [1.29, 1.82) is 0 Å². The normalized spacial score (nSPS) is 16.6. The van der Waals surface area contributed by atoms with E-state index in [1.54, 1.807) is 18.2 Å². The molecule has 5 rings (SSSR count). The third kappa shape index (κ3) is 3.78. The van der Waals surface area contributed by atoms with Gasteiger partial charge in [-0.3, -0.25) is 4.79 Å². The average molecular weight is 491 g/mol. The van der Waals surface area contributed by atoms with Gasteiger partial charge in [-0.15, -0.1) is 0 Å². The number of halogens is 3. The number of para-hydroxylation sites is 1. The fourth-order valence-electron chi connectivity index (χ4n) is 4.54. The average Bonchev–Trinajstić information content (AvgIpc) is 3.42. The van der Waals surface area contributed by atoms with Gasteiger partial charge in [-0.1, -0.05) is 12.1 Å². The molecule has 1 saturated heterocycles. The maximum absolute atomic E-state index is 14.4. The first-order valence-corrected chi connectivity index (χ1v) is 12.3. The first kappa shape index (κ1) is 22.6. The molecule has 1 aromatic heterocycles. The zero-order chi connectivity index (χ0) is 24.0. The van der Waals surface area contributed by atoms with Gasteiger partial charge in [0, 0.05) is 43.5 Å². The smallest absolute Gasteiger partial charge is 0.274 e. The second-order valence-electron chi connectivity index (χ2n) is 8.26. The molecule has 1 aliphatic carbocycles. The van der Waals surface area contributed by atoms with Crippen molar-refractivity contribution >= 4 is 15.9 Å². The Morgan fingerprint density at radius 3 is 2.35 bits per heavy atom. The van der Waals surface area contributed by atoms with Gasteiger partial charge in [-0.25, -0.2) is 26.3 Å². The van der Waals surface area contributed by atoms with Crippen LogP contribution in [0.3, 0.4) is 0 Å². The molecule has 0 radical (unpaired) electrons. The number of sulfonamides is 1. The van der Waals surface area contributed by atoms with Gasteiger partial charge in [0.1, 0.15) is 28.0 Å². The minimum absolute atomic E-state index is 0.0406. The molecule has 1 amide bonds. The Morgan fingerprint density at radius 1 is 0.912 bits per heavy atom. The summed E-state index contributed by atoms with van der Waals surface area (Å²) in [6.45, 7) is 0.0899. The number of hydrogen-bond donors (Lipinski definition) is 0. The summed E-state index contributed by atoms with van der Waals surface area (Å²) in [4.78, 5) is 14.2. The summed E-state index contributed by atoms with van der Waals surface area (Å²) in [6, 6.07) is 8.54. The summed E-state index contributed by atoms with van der Waals surface area (Å²) in [5, 5.41) is 4.44. The van der Waals surface area contributed by atoms with Crippen molar-refractivity contribution in [1.82, 2.24) is 19.0 Å². The van der Waals surface area contributed by atoms with Crippen LogP contribution in [0.1, 0.15) is 28.2 Å². The molecule has 7 nitrogen and oxygen atoms in total. The van der Waals surface area contributed by atoms with Crippen LogP contribution in [0.5, 0.6) is 0 Å². The van der Waals surface area contributed by atoms with E-state index in [0.29, 0.717) is 18.9 Å². The number of amides is 1. The molecule has 178 valence electrons. The van der Waals surface area contributed by atoms with Crippen molar-refractivity contribution in [2.24, 2.45) is 0 Å². The van der Waals surface area contributed by atoms with Crippen molar-refractivity contribution in [2.45, 2.75) is 24.2 Å². The SMILES string of the molecule is O=C(c1nn(-c2ccccc2F)c2c1CCC2)N1CCN(S(=O)(=O)c2ccc(F)cc2F)CC1. The van der Waals surface area contributed by atoms with Crippen LogP contribution >= 0.6 is 0 Å². The highest BCUT2D eigenvalue weighted by atomic mass is 32.2. The number of aromatic nitrogens is 2. The minimum atomic E-state index is -4.18. The van der Waals surface area contributed by atoms with E-state index in [1.165, 1.54) is 15.6 Å². The van der Waals surface area contributed by atoms with Crippen LogP contribution in [0.4, 0.5) is 13.2 Å². The molecule has 1 fully saturated rings. The monoisotopic (exact) mass is 490 g/mol.